The Bertz CT molecular complexity index is 1110. The minimum atomic E-state index is -0.507. The van der Waals surface area contributed by atoms with Crippen molar-refractivity contribution in [1.82, 2.24) is 0 Å². The van der Waals surface area contributed by atoms with Gasteiger partial charge >= 0.3 is 0 Å². The van der Waals surface area contributed by atoms with Crippen molar-refractivity contribution in [3.63, 3.8) is 0 Å². The van der Waals surface area contributed by atoms with Crippen molar-refractivity contribution in [2.75, 3.05) is 5.32 Å². The van der Waals surface area contributed by atoms with Crippen molar-refractivity contribution in [3.8, 4) is 11.5 Å². The Balaban J connectivity index is 0.00000176. The van der Waals surface area contributed by atoms with Gasteiger partial charge in [-0.3, -0.25) is 14.9 Å². The van der Waals surface area contributed by atoms with Crippen LogP contribution in [0.2, 0.25) is 0 Å². The Kier molecular flexibility index (Phi) is 8.46. The van der Waals surface area contributed by atoms with E-state index in [0.717, 1.165) is 0 Å². The van der Waals surface area contributed by atoms with Gasteiger partial charge in [0.25, 0.3) is 5.69 Å². The van der Waals surface area contributed by atoms with E-state index in [0.29, 0.717) is 46.0 Å². The summed E-state index contributed by atoms with van der Waals surface area (Å²) >= 11 is 0. The van der Waals surface area contributed by atoms with Crippen LogP contribution < -0.4 is 10.1 Å². The van der Waals surface area contributed by atoms with Crippen molar-refractivity contribution >= 4 is 22.8 Å². The molecule has 3 rings (SSSR count). The molecule has 0 amide bonds. The second-order valence-corrected chi connectivity index (χ2v) is 6.86. The van der Waals surface area contributed by atoms with Gasteiger partial charge in [-0.15, -0.1) is 0 Å². The van der Waals surface area contributed by atoms with Crippen molar-refractivity contribution in [3.05, 3.63) is 87.2 Å². The van der Waals surface area contributed by atoms with Crippen LogP contribution in [0.4, 0.5) is 21.5 Å². The Hall–Kier alpha value is -3.74. The molecule has 0 bridgehead atoms. The first-order valence-electron chi connectivity index (χ1n) is 10.4. The van der Waals surface area contributed by atoms with Crippen LogP contribution in [0.1, 0.15) is 48.7 Å². The first-order chi connectivity index (χ1) is 15.3. The fourth-order valence-corrected chi connectivity index (χ4v) is 3.16. The first-order valence-corrected chi connectivity index (χ1v) is 10.4. The number of nitro groups is 1. The van der Waals surface area contributed by atoms with E-state index in [1.54, 1.807) is 45.0 Å². The van der Waals surface area contributed by atoms with Gasteiger partial charge in [-0.05, 0) is 55.3 Å². The number of anilines is 2. The number of carbonyl (C=O) groups is 1. The second-order valence-electron chi connectivity index (χ2n) is 6.86. The molecule has 0 atom stereocenters. The highest BCUT2D eigenvalue weighted by Gasteiger charge is 2.17. The predicted molar refractivity (Wildman–Crippen MR) is 125 cm³/mol. The molecule has 7 heteroatoms. The number of nitro benzene ring substituents is 1. The van der Waals surface area contributed by atoms with Crippen LogP contribution in [-0.4, -0.2) is 10.7 Å². The molecule has 32 heavy (non-hydrogen) atoms. The smallest absolute Gasteiger partial charge is 0.271 e. The number of rotatable bonds is 7. The summed E-state index contributed by atoms with van der Waals surface area (Å²) in [4.78, 5) is 23.1. The number of ketones is 1. The largest absolute Gasteiger partial charge is 0.455 e. The molecule has 0 aliphatic heterocycles. The number of Topliss-reactive ketones (excluding diaryl/α,β-unsaturated/α-hetero) is 1. The lowest BCUT2D eigenvalue weighted by molar-refractivity contribution is -0.384. The number of para-hydroxylation sites is 1. The van der Waals surface area contributed by atoms with Crippen LogP contribution in [0, 0.1) is 29.8 Å². The number of nitrogens with zero attached hydrogens (tertiary/aromatic N) is 1. The molecule has 0 radical (unpaired) electrons. The number of hydrogen-bond donors (Lipinski definition) is 1. The number of halogens is 1. The molecular formula is C25H27FN2O4. The van der Waals surface area contributed by atoms with Gasteiger partial charge in [-0.1, -0.05) is 32.9 Å². The Morgan fingerprint density at radius 1 is 1.03 bits per heavy atom. The number of aryl methyl sites for hydroxylation is 2. The molecule has 3 aromatic carbocycles. The highest BCUT2D eigenvalue weighted by atomic mass is 19.1. The van der Waals surface area contributed by atoms with Gasteiger partial charge in [0.1, 0.15) is 11.6 Å². The highest BCUT2D eigenvalue weighted by Crippen LogP contribution is 2.38. The van der Waals surface area contributed by atoms with E-state index in [9.17, 15) is 19.3 Å². The van der Waals surface area contributed by atoms with Crippen molar-refractivity contribution in [1.29, 1.82) is 0 Å². The molecule has 0 fully saturated rings. The van der Waals surface area contributed by atoms with Gasteiger partial charge in [0.05, 0.1) is 10.6 Å². The van der Waals surface area contributed by atoms with Gasteiger partial charge in [-0.25, -0.2) is 4.39 Å². The maximum absolute atomic E-state index is 13.6. The molecule has 0 aliphatic carbocycles. The molecule has 0 saturated heterocycles. The quantitative estimate of drug-likeness (QED) is 0.234. The molecule has 1 N–H and O–H groups in total. The fraction of sp³-hybridized carbons (Fsp3) is 0.240. The number of non-ortho nitro benzene ring substituents is 1. The lowest BCUT2D eigenvalue weighted by Crippen LogP contribution is -2.04. The summed E-state index contributed by atoms with van der Waals surface area (Å²) in [7, 11) is 0. The third kappa shape index (κ3) is 5.69. The SMILES string of the molecule is CC.CCC(=O)c1ccccc1Nc1cc([N+](=O)[O-])ccc1Oc1c(C)cc(F)cc1C. The zero-order chi connectivity index (χ0) is 23.8. The third-order valence-electron chi connectivity index (χ3n) is 4.63. The molecule has 6 nitrogen and oxygen atoms in total. The van der Waals surface area contributed by atoms with Crippen molar-refractivity contribution in [2.24, 2.45) is 0 Å². The van der Waals surface area contributed by atoms with Crippen LogP contribution in [0.25, 0.3) is 0 Å². The lowest BCUT2D eigenvalue weighted by Gasteiger charge is -2.17. The molecule has 0 aromatic heterocycles. The van der Waals surface area contributed by atoms with Gasteiger partial charge in [0.15, 0.2) is 11.5 Å². The summed E-state index contributed by atoms with van der Waals surface area (Å²) in [6.45, 7) is 9.21. The second kappa shape index (κ2) is 11.0. The van der Waals surface area contributed by atoms with E-state index in [1.807, 2.05) is 13.8 Å². The Morgan fingerprint density at radius 3 is 2.25 bits per heavy atom. The van der Waals surface area contributed by atoms with Crippen LogP contribution in [0.5, 0.6) is 11.5 Å². The van der Waals surface area contributed by atoms with E-state index in [-0.39, 0.29) is 17.3 Å². The fourth-order valence-electron chi connectivity index (χ4n) is 3.16. The number of nitrogens with one attached hydrogen (secondary N) is 1. The molecular weight excluding hydrogens is 411 g/mol. The summed E-state index contributed by atoms with van der Waals surface area (Å²) in [5, 5.41) is 14.4. The van der Waals surface area contributed by atoms with Crippen molar-refractivity contribution in [2.45, 2.75) is 41.0 Å². The zero-order valence-electron chi connectivity index (χ0n) is 18.9. The van der Waals surface area contributed by atoms with E-state index in [1.165, 1.54) is 30.3 Å². The van der Waals surface area contributed by atoms with Crippen LogP contribution in [-0.2, 0) is 0 Å². The van der Waals surface area contributed by atoms with Crippen LogP contribution in [0.3, 0.4) is 0 Å². The van der Waals surface area contributed by atoms with Gasteiger partial charge in [-0.2, -0.15) is 0 Å². The lowest BCUT2D eigenvalue weighted by atomic mass is 10.1. The maximum Gasteiger partial charge on any atom is 0.271 e. The average Bonchev–Trinajstić information content (AvgIpc) is 2.78. The number of carbonyl (C=O) groups excluding carboxylic acids is 1. The number of benzene rings is 3. The van der Waals surface area contributed by atoms with Gasteiger partial charge < -0.3 is 10.1 Å². The summed E-state index contributed by atoms with van der Waals surface area (Å²) in [6, 6.07) is 13.8. The Morgan fingerprint density at radius 2 is 1.66 bits per heavy atom. The molecule has 0 aliphatic rings. The monoisotopic (exact) mass is 438 g/mol. The zero-order valence-corrected chi connectivity index (χ0v) is 18.9. The van der Waals surface area contributed by atoms with Crippen molar-refractivity contribution < 1.29 is 18.8 Å². The molecule has 0 spiro atoms. The standard InChI is InChI=1S/C23H21FN2O4.C2H6/c1-4-21(27)18-7-5-6-8-19(18)25-20-13-17(26(28)29)9-10-22(20)30-23-14(2)11-16(24)12-15(23)3;1-2/h5-13,25H,4H2,1-3H3;1-2H3. The predicted octanol–water partition coefficient (Wildman–Crippen LogP) is 7.51. The minimum absolute atomic E-state index is 0.0591. The van der Waals surface area contributed by atoms with Crippen LogP contribution >= 0.6 is 0 Å². The van der Waals surface area contributed by atoms with Gasteiger partial charge in [0.2, 0.25) is 0 Å². The number of ether oxygens (including phenoxy) is 1. The Labute approximate surface area is 187 Å². The van der Waals surface area contributed by atoms with E-state index >= 15 is 0 Å². The average molecular weight is 438 g/mol. The first kappa shape index (κ1) is 24.5. The minimum Gasteiger partial charge on any atom is -0.455 e. The summed E-state index contributed by atoms with van der Waals surface area (Å²) < 4.78 is 19.7. The molecule has 0 saturated carbocycles. The molecule has 168 valence electrons. The highest BCUT2D eigenvalue weighted by molar-refractivity contribution is 6.01. The topological polar surface area (TPSA) is 81.5 Å². The summed E-state index contributed by atoms with van der Waals surface area (Å²) in [5.74, 6) is 0.353. The number of hydrogen-bond acceptors (Lipinski definition) is 5. The molecule has 0 unspecified atom stereocenters. The van der Waals surface area contributed by atoms with Crippen LogP contribution in [0.15, 0.2) is 54.6 Å². The summed E-state index contributed by atoms with van der Waals surface area (Å²) in [6.07, 6.45) is 0.324. The summed E-state index contributed by atoms with van der Waals surface area (Å²) in [5.41, 5.74) is 2.38. The molecule has 0 heterocycles. The van der Waals surface area contributed by atoms with E-state index in [2.05, 4.69) is 5.32 Å². The van der Waals surface area contributed by atoms with E-state index < -0.39 is 4.92 Å². The van der Waals surface area contributed by atoms with E-state index in [4.69, 9.17) is 4.74 Å². The maximum atomic E-state index is 13.6. The van der Waals surface area contributed by atoms with Gasteiger partial charge in [0, 0.05) is 29.8 Å². The molecule has 3 aromatic rings. The third-order valence-corrected chi connectivity index (χ3v) is 4.63. The normalized spacial score (nSPS) is 10.1.